The van der Waals surface area contributed by atoms with E-state index < -0.39 is 29.6 Å². The van der Waals surface area contributed by atoms with Gasteiger partial charge in [0.15, 0.2) is 0 Å². The van der Waals surface area contributed by atoms with Crippen molar-refractivity contribution < 1.29 is 27.9 Å². The van der Waals surface area contributed by atoms with Crippen LogP contribution < -0.4 is 11.1 Å². The van der Waals surface area contributed by atoms with Crippen LogP contribution in [-0.4, -0.2) is 34.7 Å². The summed E-state index contributed by atoms with van der Waals surface area (Å²) in [5, 5.41) is 10.1. The monoisotopic (exact) mass is 268 g/mol. The van der Waals surface area contributed by atoms with E-state index in [9.17, 15) is 22.8 Å². The summed E-state index contributed by atoms with van der Waals surface area (Å²) in [7, 11) is 0. The summed E-state index contributed by atoms with van der Waals surface area (Å²) in [4.78, 5) is 22.1. The number of aliphatic carboxylic acids is 1. The highest BCUT2D eigenvalue weighted by Crippen LogP contribution is 2.33. The summed E-state index contributed by atoms with van der Waals surface area (Å²) in [6.07, 6.45) is -3.67. The van der Waals surface area contributed by atoms with Gasteiger partial charge in [-0.25, -0.2) is 4.79 Å². The van der Waals surface area contributed by atoms with Crippen LogP contribution >= 0.6 is 0 Å². The molecule has 0 aliphatic heterocycles. The first-order valence-corrected chi connectivity index (χ1v) is 5.44. The van der Waals surface area contributed by atoms with E-state index in [1.807, 2.05) is 0 Å². The lowest BCUT2D eigenvalue weighted by Gasteiger charge is -2.29. The number of rotatable bonds is 5. The Labute approximate surface area is 102 Å². The van der Waals surface area contributed by atoms with Gasteiger partial charge in [0.2, 0.25) is 11.4 Å². The molecule has 0 saturated heterocycles. The van der Waals surface area contributed by atoms with Gasteiger partial charge in [0.25, 0.3) is 0 Å². The summed E-state index contributed by atoms with van der Waals surface area (Å²) in [5.41, 5.74) is 2.31. The van der Waals surface area contributed by atoms with Crippen LogP contribution in [-0.2, 0) is 9.59 Å². The average molecular weight is 268 g/mol. The minimum atomic E-state index is -5.07. The van der Waals surface area contributed by atoms with Crippen molar-refractivity contribution in [1.82, 2.24) is 5.32 Å². The van der Waals surface area contributed by atoms with E-state index in [4.69, 9.17) is 10.8 Å². The minimum Gasteiger partial charge on any atom is -0.479 e. The number of carboxylic acids is 1. The molecule has 0 aromatic rings. The van der Waals surface area contributed by atoms with Crippen LogP contribution in [0.25, 0.3) is 0 Å². The average Bonchev–Trinajstić information content (AvgIpc) is 2.97. The first kappa shape index (κ1) is 14.7. The molecule has 2 atom stereocenters. The Kier molecular flexibility index (Phi) is 3.89. The van der Waals surface area contributed by atoms with Crippen LogP contribution in [0, 0.1) is 5.92 Å². The van der Waals surface area contributed by atoms with Crippen LogP contribution in [0.4, 0.5) is 13.2 Å². The third-order valence-corrected chi connectivity index (χ3v) is 3.03. The fourth-order valence-electron chi connectivity index (χ4n) is 1.48. The number of carbonyl (C=O) groups is 2. The summed E-state index contributed by atoms with van der Waals surface area (Å²) >= 11 is 0. The molecule has 8 heteroatoms. The van der Waals surface area contributed by atoms with Gasteiger partial charge in [-0.2, -0.15) is 13.2 Å². The maximum absolute atomic E-state index is 12.6. The lowest BCUT2D eigenvalue weighted by atomic mass is 10.0. The maximum atomic E-state index is 12.6. The molecule has 2 unspecified atom stereocenters. The lowest BCUT2D eigenvalue weighted by molar-refractivity contribution is -0.207. The van der Waals surface area contributed by atoms with Crippen molar-refractivity contribution in [2.45, 2.75) is 43.9 Å². The highest BCUT2D eigenvalue weighted by Gasteiger charge is 2.58. The van der Waals surface area contributed by atoms with Crippen molar-refractivity contribution in [2.75, 3.05) is 0 Å². The number of carboxylic acid groups (broad SMARTS) is 1. The summed E-state index contributed by atoms with van der Waals surface area (Å²) in [6.45, 7) is 0.413. The molecule has 1 fully saturated rings. The first-order chi connectivity index (χ1) is 8.08. The largest absolute Gasteiger partial charge is 0.479 e. The van der Waals surface area contributed by atoms with Gasteiger partial charge in [-0.1, -0.05) is 0 Å². The zero-order chi connectivity index (χ0) is 14.1. The lowest BCUT2D eigenvalue weighted by Crippen LogP contribution is -2.62. The number of alkyl halides is 3. The van der Waals surface area contributed by atoms with Crippen molar-refractivity contribution in [1.29, 1.82) is 0 Å². The molecule has 0 bridgehead atoms. The number of hydrogen-bond acceptors (Lipinski definition) is 3. The molecule has 104 valence electrons. The number of nitrogens with one attached hydrogen (secondary N) is 1. The number of amides is 1. The van der Waals surface area contributed by atoms with Gasteiger partial charge in [0.1, 0.15) is 0 Å². The smallest absolute Gasteiger partial charge is 0.422 e. The van der Waals surface area contributed by atoms with Gasteiger partial charge in [-0.15, -0.1) is 0 Å². The third kappa shape index (κ3) is 3.12. The predicted octanol–water partition coefficient (Wildman–Crippen LogP) is 0.636. The van der Waals surface area contributed by atoms with Gasteiger partial charge in [-0.05, 0) is 25.7 Å². The van der Waals surface area contributed by atoms with E-state index >= 15 is 0 Å². The van der Waals surface area contributed by atoms with Crippen LogP contribution in [0.3, 0.4) is 0 Å². The summed E-state index contributed by atoms with van der Waals surface area (Å²) < 4.78 is 37.8. The molecule has 0 heterocycles. The van der Waals surface area contributed by atoms with Gasteiger partial charge in [-0.3, -0.25) is 4.79 Å². The molecule has 0 aromatic heterocycles. The van der Waals surface area contributed by atoms with E-state index in [0.29, 0.717) is 6.92 Å². The standard InChI is InChI=1S/C10H15F3N2O3/c1-9(8(17)18,10(11,12)13)15-7(16)4-6(14)5-2-3-5/h5-6H,2-4,14H2,1H3,(H,15,16)(H,17,18). The summed E-state index contributed by atoms with van der Waals surface area (Å²) in [6, 6.07) is -0.517. The van der Waals surface area contributed by atoms with E-state index in [1.165, 1.54) is 5.32 Å². The van der Waals surface area contributed by atoms with Crippen molar-refractivity contribution in [3.63, 3.8) is 0 Å². The number of carbonyl (C=O) groups excluding carboxylic acids is 1. The first-order valence-electron chi connectivity index (χ1n) is 5.44. The second kappa shape index (κ2) is 4.75. The molecule has 0 radical (unpaired) electrons. The highest BCUT2D eigenvalue weighted by molar-refractivity contribution is 5.87. The fourth-order valence-corrected chi connectivity index (χ4v) is 1.48. The molecule has 1 amide bonds. The number of halogens is 3. The van der Waals surface area contributed by atoms with Crippen molar-refractivity contribution in [3.8, 4) is 0 Å². The molecule has 5 nitrogen and oxygen atoms in total. The Balaban J connectivity index is 2.66. The topological polar surface area (TPSA) is 92.4 Å². The highest BCUT2D eigenvalue weighted by atomic mass is 19.4. The zero-order valence-electron chi connectivity index (χ0n) is 9.75. The van der Waals surface area contributed by atoms with Crippen molar-refractivity contribution in [2.24, 2.45) is 11.7 Å². The Morgan fingerprint density at radius 1 is 1.44 bits per heavy atom. The second-order valence-electron chi connectivity index (χ2n) is 4.68. The van der Waals surface area contributed by atoms with Crippen LogP contribution in [0.15, 0.2) is 0 Å². The molecule has 18 heavy (non-hydrogen) atoms. The van der Waals surface area contributed by atoms with E-state index in [0.717, 1.165) is 12.8 Å². The predicted molar refractivity (Wildman–Crippen MR) is 55.6 cm³/mol. The van der Waals surface area contributed by atoms with Gasteiger partial charge < -0.3 is 16.2 Å². The van der Waals surface area contributed by atoms with Gasteiger partial charge >= 0.3 is 12.1 Å². The van der Waals surface area contributed by atoms with E-state index in [1.54, 1.807) is 0 Å². The molecule has 4 N–H and O–H groups in total. The SMILES string of the molecule is CC(NC(=O)CC(N)C1CC1)(C(=O)O)C(F)(F)F. The maximum Gasteiger partial charge on any atom is 0.422 e. The minimum absolute atomic E-state index is 0.151. The fraction of sp³-hybridized carbons (Fsp3) is 0.800. The quantitative estimate of drug-likeness (QED) is 0.682. The molecule has 1 rings (SSSR count). The Hall–Kier alpha value is -1.31. The molecule has 1 aliphatic carbocycles. The Morgan fingerprint density at radius 2 is 1.94 bits per heavy atom. The molecule has 1 aliphatic rings. The second-order valence-corrected chi connectivity index (χ2v) is 4.68. The van der Waals surface area contributed by atoms with Crippen LogP contribution in [0.2, 0.25) is 0 Å². The number of nitrogens with two attached hydrogens (primary N) is 1. The van der Waals surface area contributed by atoms with Crippen molar-refractivity contribution >= 4 is 11.9 Å². The normalized spacial score (nSPS) is 20.9. The number of hydrogen-bond donors (Lipinski definition) is 3. The van der Waals surface area contributed by atoms with Crippen LogP contribution in [0.5, 0.6) is 0 Å². The summed E-state index contributed by atoms with van der Waals surface area (Å²) in [5.74, 6) is -3.00. The third-order valence-electron chi connectivity index (χ3n) is 3.03. The molecule has 1 saturated carbocycles. The molecular weight excluding hydrogens is 253 g/mol. The molecule has 0 aromatic carbocycles. The van der Waals surface area contributed by atoms with Gasteiger partial charge in [0, 0.05) is 12.5 Å². The van der Waals surface area contributed by atoms with Gasteiger partial charge in [0.05, 0.1) is 0 Å². The van der Waals surface area contributed by atoms with E-state index in [-0.39, 0.29) is 12.3 Å². The molecule has 0 spiro atoms. The molecular formula is C10H15F3N2O3. The Morgan fingerprint density at radius 3 is 2.28 bits per heavy atom. The van der Waals surface area contributed by atoms with Crippen molar-refractivity contribution in [3.05, 3.63) is 0 Å². The van der Waals surface area contributed by atoms with E-state index in [2.05, 4.69) is 0 Å². The zero-order valence-corrected chi connectivity index (χ0v) is 9.75. The van der Waals surface area contributed by atoms with Crippen LogP contribution in [0.1, 0.15) is 26.2 Å². The Bertz CT molecular complexity index is 355.